The summed E-state index contributed by atoms with van der Waals surface area (Å²) in [7, 11) is 3.23. The molecule has 0 N–H and O–H groups in total. The molecule has 0 aliphatic carbocycles. The maximum absolute atomic E-state index is 11.6. The van der Waals surface area contributed by atoms with E-state index < -0.39 is 0 Å². The molecule has 4 heteroatoms. The first-order valence-electron chi connectivity index (χ1n) is 4.57. The predicted molar refractivity (Wildman–Crippen MR) is 57.6 cm³/mol. The van der Waals surface area contributed by atoms with E-state index >= 15 is 0 Å². The average molecular weight is 203 g/mol. The number of hydrogen-bond acceptors (Lipinski definition) is 1. The van der Waals surface area contributed by atoms with Crippen molar-refractivity contribution in [2.75, 3.05) is 14.1 Å². The Bertz CT molecular complexity index is 414. The molecular weight excluding hydrogens is 190 g/mol. The van der Waals surface area contributed by atoms with Crippen LogP contribution in [0.2, 0.25) is 0 Å². The monoisotopic (exact) mass is 203 g/mol. The predicted octanol–water partition coefficient (Wildman–Crippen LogP) is 1.10. The topological polar surface area (TPSA) is 56.7 Å². The molecule has 0 aromatic heterocycles. The first-order valence-corrected chi connectivity index (χ1v) is 4.57. The number of amides is 1. The van der Waals surface area contributed by atoms with E-state index in [2.05, 4.69) is 4.79 Å². The van der Waals surface area contributed by atoms with Crippen molar-refractivity contribution in [1.82, 2.24) is 4.90 Å². The molecule has 0 unspecified atom stereocenters. The number of nitrogens with zero attached hydrogens (tertiary/aromatic N) is 3. The second-order valence-corrected chi connectivity index (χ2v) is 3.51. The Kier molecular flexibility index (Phi) is 3.37. The molecule has 0 saturated carbocycles. The highest BCUT2D eigenvalue weighted by Gasteiger charge is 2.23. The van der Waals surface area contributed by atoms with Crippen molar-refractivity contribution >= 4 is 11.6 Å². The summed E-state index contributed by atoms with van der Waals surface area (Å²) >= 11 is 0. The highest BCUT2D eigenvalue weighted by Crippen LogP contribution is 2.04. The van der Waals surface area contributed by atoms with E-state index in [0.717, 1.165) is 5.56 Å². The van der Waals surface area contributed by atoms with Crippen molar-refractivity contribution in [3.05, 3.63) is 40.9 Å². The first kappa shape index (κ1) is 11.1. The van der Waals surface area contributed by atoms with Crippen LogP contribution in [0, 0.1) is 6.92 Å². The highest BCUT2D eigenvalue weighted by atomic mass is 16.2. The summed E-state index contributed by atoms with van der Waals surface area (Å²) in [5, 5.41) is 0. The molecule has 0 spiro atoms. The van der Waals surface area contributed by atoms with Crippen molar-refractivity contribution < 1.29 is 9.58 Å². The van der Waals surface area contributed by atoms with Gasteiger partial charge in [0.05, 0.1) is 5.56 Å². The van der Waals surface area contributed by atoms with Gasteiger partial charge in [-0.25, -0.2) is 0 Å². The molecule has 0 aliphatic heterocycles. The van der Waals surface area contributed by atoms with Gasteiger partial charge in [0.2, 0.25) is 0 Å². The Labute approximate surface area is 88.8 Å². The van der Waals surface area contributed by atoms with Gasteiger partial charge in [-0.3, -0.25) is 4.79 Å². The van der Waals surface area contributed by atoms with Crippen LogP contribution in [-0.2, 0) is 4.79 Å². The smallest absolute Gasteiger partial charge is 0.361 e. The summed E-state index contributed by atoms with van der Waals surface area (Å²) in [6.45, 7) is 1.95. The highest BCUT2D eigenvalue weighted by molar-refractivity contribution is 6.42. The standard InChI is InChI=1S/C11H13N3O/c1-8-4-6-9(7-5-8)10(13-12)11(15)14(2)3/h4-7H,1-3H3. The van der Waals surface area contributed by atoms with E-state index in [0.29, 0.717) is 5.56 Å². The van der Waals surface area contributed by atoms with Gasteiger partial charge < -0.3 is 10.4 Å². The number of benzene rings is 1. The van der Waals surface area contributed by atoms with Crippen molar-refractivity contribution in [2.45, 2.75) is 6.92 Å². The lowest BCUT2D eigenvalue weighted by Gasteiger charge is -2.05. The van der Waals surface area contributed by atoms with Crippen LogP contribution in [0.4, 0.5) is 0 Å². The summed E-state index contributed by atoms with van der Waals surface area (Å²) in [4.78, 5) is 16.0. The molecule has 0 saturated heterocycles. The van der Waals surface area contributed by atoms with Crippen LogP contribution in [0.25, 0.3) is 5.53 Å². The van der Waals surface area contributed by atoms with E-state index in [-0.39, 0.29) is 11.6 Å². The summed E-state index contributed by atoms with van der Waals surface area (Å²) in [5.74, 6) is -0.318. The van der Waals surface area contributed by atoms with Crippen LogP contribution in [0.1, 0.15) is 11.1 Å². The molecule has 78 valence electrons. The van der Waals surface area contributed by atoms with Crippen molar-refractivity contribution in [3.63, 3.8) is 0 Å². The first-order chi connectivity index (χ1) is 7.06. The second kappa shape index (κ2) is 4.53. The van der Waals surface area contributed by atoms with Gasteiger partial charge in [0, 0.05) is 14.1 Å². The molecule has 1 aromatic rings. The quantitative estimate of drug-likeness (QED) is 0.403. The molecule has 0 aliphatic rings. The fourth-order valence-electron chi connectivity index (χ4n) is 1.15. The lowest BCUT2D eigenvalue weighted by molar-refractivity contribution is -0.126. The van der Waals surface area contributed by atoms with Crippen LogP contribution in [0.3, 0.4) is 0 Å². The molecule has 0 radical (unpaired) electrons. The summed E-state index contributed by atoms with van der Waals surface area (Å²) in [6, 6.07) is 7.24. The Morgan fingerprint density at radius 3 is 2.20 bits per heavy atom. The van der Waals surface area contributed by atoms with E-state index in [1.54, 1.807) is 26.2 Å². The molecule has 1 rings (SSSR count). The van der Waals surface area contributed by atoms with Crippen molar-refractivity contribution in [1.29, 1.82) is 0 Å². The Balaban J connectivity index is 3.10. The minimum Gasteiger partial charge on any atom is -0.361 e. The average Bonchev–Trinajstić information content (AvgIpc) is 2.21. The third kappa shape index (κ3) is 2.51. The SMILES string of the molecule is Cc1ccc(C(=[N+]=[N-])C(=O)N(C)C)cc1. The van der Waals surface area contributed by atoms with Crippen molar-refractivity contribution in [2.24, 2.45) is 0 Å². The number of hydrogen-bond donors (Lipinski definition) is 0. The van der Waals surface area contributed by atoms with Gasteiger partial charge in [0.15, 0.2) is 0 Å². The van der Waals surface area contributed by atoms with Gasteiger partial charge in [-0.05, 0) is 19.1 Å². The van der Waals surface area contributed by atoms with Gasteiger partial charge in [-0.2, -0.15) is 4.79 Å². The van der Waals surface area contributed by atoms with Gasteiger partial charge in [0.25, 0.3) is 0 Å². The van der Waals surface area contributed by atoms with Gasteiger partial charge >= 0.3 is 11.6 Å². The molecular formula is C11H13N3O. The van der Waals surface area contributed by atoms with E-state index in [9.17, 15) is 4.79 Å². The number of aryl methyl sites for hydroxylation is 1. The number of carbonyl (C=O) groups excluding carboxylic acids is 1. The van der Waals surface area contributed by atoms with E-state index in [1.807, 2.05) is 19.1 Å². The molecule has 4 nitrogen and oxygen atoms in total. The zero-order valence-corrected chi connectivity index (χ0v) is 9.06. The molecule has 1 aromatic carbocycles. The van der Waals surface area contributed by atoms with Crippen LogP contribution in [0.5, 0.6) is 0 Å². The Hall–Kier alpha value is -1.93. The fraction of sp³-hybridized carbons (Fsp3) is 0.273. The van der Waals surface area contributed by atoms with Gasteiger partial charge in [-0.15, -0.1) is 0 Å². The van der Waals surface area contributed by atoms with Crippen LogP contribution >= 0.6 is 0 Å². The Morgan fingerprint density at radius 2 is 1.80 bits per heavy atom. The summed E-state index contributed by atoms with van der Waals surface area (Å²) < 4.78 is 0. The maximum Gasteiger partial charge on any atom is 0.386 e. The minimum atomic E-state index is -0.318. The molecule has 0 bridgehead atoms. The number of carbonyl (C=O) groups is 1. The largest absolute Gasteiger partial charge is 0.386 e. The van der Waals surface area contributed by atoms with Crippen LogP contribution in [-0.4, -0.2) is 35.4 Å². The summed E-state index contributed by atoms with van der Waals surface area (Å²) in [5.41, 5.74) is 10.6. The zero-order chi connectivity index (χ0) is 11.4. The normalized spacial score (nSPS) is 9.27. The van der Waals surface area contributed by atoms with Crippen LogP contribution < -0.4 is 0 Å². The molecule has 0 fully saturated rings. The lowest BCUT2D eigenvalue weighted by Crippen LogP contribution is -2.31. The zero-order valence-electron chi connectivity index (χ0n) is 9.06. The number of likely N-dealkylation sites (N-methyl/N-ethyl adjacent to an activating group) is 1. The molecule has 15 heavy (non-hydrogen) atoms. The third-order valence-electron chi connectivity index (χ3n) is 2.03. The lowest BCUT2D eigenvalue weighted by atomic mass is 10.1. The summed E-state index contributed by atoms with van der Waals surface area (Å²) in [6.07, 6.45) is 0. The maximum atomic E-state index is 11.6. The fourth-order valence-corrected chi connectivity index (χ4v) is 1.15. The third-order valence-corrected chi connectivity index (χ3v) is 2.03. The van der Waals surface area contributed by atoms with Gasteiger partial charge in [-0.1, -0.05) is 17.7 Å². The molecule has 1 amide bonds. The number of rotatable bonds is 2. The molecule has 0 atom stereocenters. The van der Waals surface area contributed by atoms with Gasteiger partial charge in [0.1, 0.15) is 0 Å². The minimum absolute atomic E-state index is 0.0556. The molecule has 0 heterocycles. The Morgan fingerprint density at radius 1 is 1.27 bits per heavy atom. The van der Waals surface area contributed by atoms with Crippen LogP contribution in [0.15, 0.2) is 24.3 Å². The second-order valence-electron chi connectivity index (χ2n) is 3.51. The van der Waals surface area contributed by atoms with Crippen molar-refractivity contribution in [3.8, 4) is 0 Å². The van der Waals surface area contributed by atoms with E-state index in [4.69, 9.17) is 5.53 Å². The van der Waals surface area contributed by atoms with E-state index in [1.165, 1.54) is 4.90 Å².